The molecule has 0 spiro atoms. The number of anilines is 1. The van der Waals surface area contributed by atoms with Crippen molar-refractivity contribution in [2.45, 2.75) is 38.8 Å². The van der Waals surface area contributed by atoms with Crippen molar-refractivity contribution in [1.29, 1.82) is 0 Å². The van der Waals surface area contributed by atoms with Gasteiger partial charge in [0.25, 0.3) is 0 Å². The highest BCUT2D eigenvalue weighted by atomic mass is 35.5. The van der Waals surface area contributed by atoms with Crippen molar-refractivity contribution in [3.63, 3.8) is 0 Å². The van der Waals surface area contributed by atoms with Crippen molar-refractivity contribution in [3.05, 3.63) is 23.2 Å². The molecule has 0 saturated carbocycles. The summed E-state index contributed by atoms with van der Waals surface area (Å²) in [6.45, 7) is 6.57. The Morgan fingerprint density at radius 1 is 1.39 bits per heavy atom. The van der Waals surface area contributed by atoms with Gasteiger partial charge >= 0.3 is 0 Å². The first-order valence-corrected chi connectivity index (χ1v) is 8.93. The van der Waals surface area contributed by atoms with Crippen LogP contribution in [0.3, 0.4) is 0 Å². The summed E-state index contributed by atoms with van der Waals surface area (Å²) in [5.74, 6) is 0.670. The number of benzene rings is 1. The number of hydrogen-bond acceptors (Lipinski definition) is 2. The normalized spacial score (nSPS) is 17.2. The van der Waals surface area contributed by atoms with E-state index >= 15 is 0 Å². The number of rotatable bonds is 4. The maximum Gasteiger partial charge on any atom is 0.173 e. The summed E-state index contributed by atoms with van der Waals surface area (Å²) >= 11 is 11.7. The SMILES string of the molecule is COc1ccc(NC(=S)N2CCC([NH+](C)C(C)C)CC2)cc1Cl. The molecule has 23 heavy (non-hydrogen) atoms. The molecule has 1 aromatic carbocycles. The van der Waals surface area contributed by atoms with Crippen molar-refractivity contribution in [1.82, 2.24) is 4.90 Å². The second kappa shape index (κ2) is 8.18. The Bertz CT molecular complexity index is 545. The third-order valence-corrected chi connectivity index (χ3v) is 5.40. The van der Waals surface area contributed by atoms with E-state index in [1.807, 2.05) is 18.2 Å². The molecule has 4 nitrogen and oxygen atoms in total. The number of thiocarbonyl (C=S) groups is 1. The van der Waals surface area contributed by atoms with Gasteiger partial charge in [0.1, 0.15) is 5.75 Å². The summed E-state index contributed by atoms with van der Waals surface area (Å²) in [4.78, 5) is 3.86. The van der Waals surface area contributed by atoms with E-state index in [4.69, 9.17) is 28.6 Å². The van der Waals surface area contributed by atoms with Crippen molar-refractivity contribution in [3.8, 4) is 5.75 Å². The van der Waals surface area contributed by atoms with Crippen LogP contribution in [0.5, 0.6) is 5.75 Å². The van der Waals surface area contributed by atoms with Crippen LogP contribution in [0.2, 0.25) is 5.02 Å². The van der Waals surface area contributed by atoms with Crippen LogP contribution in [-0.4, -0.2) is 49.3 Å². The largest absolute Gasteiger partial charge is 0.495 e. The molecule has 0 radical (unpaired) electrons. The maximum absolute atomic E-state index is 6.16. The van der Waals surface area contributed by atoms with E-state index in [9.17, 15) is 0 Å². The standard InChI is InChI=1S/C17H26ClN3OS/c1-12(2)20(3)14-7-9-21(10-8-14)17(23)19-13-5-6-16(22-4)15(18)11-13/h5-6,11-12,14H,7-10H2,1-4H3,(H,19,23)/p+1. The van der Waals surface area contributed by atoms with Gasteiger partial charge in [-0.15, -0.1) is 0 Å². The van der Waals surface area contributed by atoms with E-state index in [2.05, 4.69) is 31.1 Å². The van der Waals surface area contributed by atoms with E-state index in [1.165, 1.54) is 12.8 Å². The molecule has 1 atom stereocenters. The monoisotopic (exact) mass is 356 g/mol. The lowest BCUT2D eigenvalue weighted by molar-refractivity contribution is -0.928. The van der Waals surface area contributed by atoms with Crippen LogP contribution in [0.4, 0.5) is 5.69 Å². The molecule has 0 aliphatic carbocycles. The van der Waals surface area contributed by atoms with E-state index in [1.54, 1.807) is 12.0 Å². The molecule has 1 aromatic rings. The molecule has 2 N–H and O–H groups in total. The Labute approximate surface area is 149 Å². The van der Waals surface area contributed by atoms with Gasteiger partial charge in [-0.1, -0.05) is 11.6 Å². The number of hydrogen-bond donors (Lipinski definition) is 2. The third kappa shape index (κ3) is 4.72. The molecule has 1 saturated heterocycles. The summed E-state index contributed by atoms with van der Waals surface area (Å²) in [6.07, 6.45) is 2.35. The van der Waals surface area contributed by atoms with Crippen LogP contribution in [-0.2, 0) is 0 Å². The Morgan fingerprint density at radius 3 is 2.57 bits per heavy atom. The molecule has 0 bridgehead atoms. The summed E-state index contributed by atoms with van der Waals surface area (Å²) in [5, 5.41) is 4.64. The highest BCUT2D eigenvalue weighted by Gasteiger charge is 2.27. The van der Waals surface area contributed by atoms with Crippen LogP contribution < -0.4 is 15.0 Å². The number of nitrogens with zero attached hydrogens (tertiary/aromatic N) is 1. The molecule has 1 aliphatic heterocycles. The van der Waals surface area contributed by atoms with E-state index in [0.29, 0.717) is 16.8 Å². The number of quaternary nitrogens is 1. The Balaban J connectivity index is 1.89. The predicted octanol–water partition coefficient (Wildman–Crippen LogP) is 2.43. The molecule has 1 heterocycles. The fourth-order valence-corrected chi connectivity index (χ4v) is 3.51. The first-order valence-electron chi connectivity index (χ1n) is 8.15. The zero-order valence-corrected chi connectivity index (χ0v) is 15.9. The fourth-order valence-electron chi connectivity index (χ4n) is 2.96. The van der Waals surface area contributed by atoms with Gasteiger partial charge in [0.05, 0.1) is 31.3 Å². The van der Waals surface area contributed by atoms with Crippen LogP contribution >= 0.6 is 23.8 Å². The van der Waals surface area contributed by atoms with Gasteiger partial charge in [-0.2, -0.15) is 0 Å². The number of ether oxygens (including phenoxy) is 1. The number of piperidine rings is 1. The number of nitrogens with one attached hydrogen (secondary N) is 2. The molecule has 1 fully saturated rings. The number of halogens is 1. The first kappa shape index (κ1) is 18.3. The van der Waals surface area contributed by atoms with E-state index in [-0.39, 0.29) is 0 Å². The summed E-state index contributed by atoms with van der Waals surface area (Å²) < 4.78 is 5.17. The fraction of sp³-hybridized carbons (Fsp3) is 0.588. The summed E-state index contributed by atoms with van der Waals surface area (Å²) in [5.41, 5.74) is 0.896. The van der Waals surface area contributed by atoms with Gasteiger partial charge in [0.15, 0.2) is 5.11 Å². The summed E-state index contributed by atoms with van der Waals surface area (Å²) in [7, 11) is 3.90. The lowest BCUT2D eigenvalue weighted by atomic mass is 10.0. The highest BCUT2D eigenvalue weighted by Crippen LogP contribution is 2.27. The molecule has 128 valence electrons. The number of methoxy groups -OCH3 is 1. The smallest absolute Gasteiger partial charge is 0.173 e. The minimum Gasteiger partial charge on any atom is -0.495 e. The van der Waals surface area contributed by atoms with Gasteiger partial charge in [-0.25, -0.2) is 0 Å². The third-order valence-electron chi connectivity index (χ3n) is 4.74. The predicted molar refractivity (Wildman–Crippen MR) is 101 cm³/mol. The lowest BCUT2D eigenvalue weighted by Crippen LogP contribution is -3.16. The van der Waals surface area contributed by atoms with Crippen LogP contribution in [0.15, 0.2) is 18.2 Å². The van der Waals surface area contributed by atoms with Crippen LogP contribution in [0.25, 0.3) is 0 Å². The average molecular weight is 357 g/mol. The molecule has 0 amide bonds. The van der Waals surface area contributed by atoms with Crippen molar-refractivity contribution < 1.29 is 9.64 Å². The second-order valence-corrected chi connectivity index (χ2v) is 7.23. The molecule has 2 rings (SSSR count). The molecule has 1 unspecified atom stereocenters. The van der Waals surface area contributed by atoms with Crippen molar-refractivity contribution in [2.75, 3.05) is 32.6 Å². The van der Waals surface area contributed by atoms with Crippen LogP contribution in [0.1, 0.15) is 26.7 Å². The molecule has 6 heteroatoms. The van der Waals surface area contributed by atoms with E-state index < -0.39 is 0 Å². The zero-order chi connectivity index (χ0) is 17.0. The molecular formula is C17H27ClN3OS+. The summed E-state index contributed by atoms with van der Waals surface area (Å²) in [6, 6.07) is 7.01. The minimum atomic E-state index is 0.584. The quantitative estimate of drug-likeness (QED) is 0.811. The lowest BCUT2D eigenvalue weighted by Gasteiger charge is -2.37. The van der Waals surface area contributed by atoms with Gasteiger partial charge in [0.2, 0.25) is 0 Å². The van der Waals surface area contributed by atoms with Gasteiger partial charge in [-0.3, -0.25) is 0 Å². The number of likely N-dealkylation sites (tertiary alicyclic amines) is 1. The zero-order valence-electron chi connectivity index (χ0n) is 14.4. The minimum absolute atomic E-state index is 0.584. The highest BCUT2D eigenvalue weighted by molar-refractivity contribution is 7.80. The van der Waals surface area contributed by atoms with E-state index in [0.717, 1.165) is 29.9 Å². The van der Waals surface area contributed by atoms with Crippen molar-refractivity contribution >= 4 is 34.6 Å². The topological polar surface area (TPSA) is 28.9 Å². The first-order chi connectivity index (χ1) is 10.9. The van der Waals surface area contributed by atoms with Crippen molar-refractivity contribution in [2.24, 2.45) is 0 Å². The second-order valence-electron chi connectivity index (χ2n) is 6.44. The average Bonchev–Trinajstić information content (AvgIpc) is 2.54. The molecule has 0 aromatic heterocycles. The maximum atomic E-state index is 6.16. The van der Waals surface area contributed by atoms with Gasteiger partial charge in [-0.05, 0) is 44.3 Å². The Hall–Kier alpha value is -1.04. The van der Waals surface area contributed by atoms with Gasteiger partial charge < -0.3 is 19.9 Å². The Kier molecular flexibility index (Phi) is 6.50. The van der Waals surface area contributed by atoms with Gasteiger partial charge in [0, 0.05) is 31.6 Å². The molecule has 1 aliphatic rings. The van der Waals surface area contributed by atoms with Crippen LogP contribution in [0, 0.1) is 0 Å². The molecular weight excluding hydrogens is 330 g/mol. The Morgan fingerprint density at radius 2 is 2.04 bits per heavy atom.